The van der Waals surface area contributed by atoms with Gasteiger partial charge in [0.1, 0.15) is 17.3 Å². The van der Waals surface area contributed by atoms with E-state index in [9.17, 15) is 23.2 Å². The number of rotatable bonds is 10. The Bertz CT molecular complexity index is 1120. The molecule has 2 aromatic carbocycles. The number of ether oxygens (including phenoxy) is 1. The first-order valence-corrected chi connectivity index (χ1v) is 12.7. The molecule has 1 aliphatic heterocycles. The average molecular weight is 541 g/mol. The Hall–Kier alpha value is -2.54. The Morgan fingerprint density at radius 2 is 1.67 bits per heavy atom. The van der Waals surface area contributed by atoms with Gasteiger partial charge in [-0.2, -0.15) is 4.31 Å². The molecule has 36 heavy (non-hydrogen) atoms. The minimum absolute atomic E-state index is 0. The fourth-order valence-corrected chi connectivity index (χ4v) is 5.98. The molecule has 1 amide bonds. The Balaban J connectivity index is 0.00000456. The SMILES string of the molecule is COc1ccc(S(=O)(=O)N(Cc2ccccc2)C(C(=O)C2(C(=O)NO)CCNCC2)N(C)C)cc1.Cl. The Labute approximate surface area is 218 Å². The summed E-state index contributed by atoms with van der Waals surface area (Å²) in [6, 6.07) is 14.8. The number of carbonyl (C=O) groups is 2. The van der Waals surface area contributed by atoms with Crippen molar-refractivity contribution >= 4 is 34.1 Å². The van der Waals surface area contributed by atoms with Crippen molar-refractivity contribution in [2.75, 3.05) is 34.3 Å². The number of ketones is 1. The summed E-state index contributed by atoms with van der Waals surface area (Å²) in [6.45, 7) is 0.658. The summed E-state index contributed by atoms with van der Waals surface area (Å²) in [5, 5.41) is 12.6. The van der Waals surface area contributed by atoms with Crippen LogP contribution in [0, 0.1) is 5.41 Å². The number of amides is 1. The molecule has 1 fully saturated rings. The molecule has 0 saturated carbocycles. The van der Waals surface area contributed by atoms with Gasteiger partial charge >= 0.3 is 0 Å². The van der Waals surface area contributed by atoms with Crippen LogP contribution in [0.25, 0.3) is 0 Å². The molecule has 1 atom stereocenters. The van der Waals surface area contributed by atoms with E-state index in [1.165, 1.54) is 36.3 Å². The van der Waals surface area contributed by atoms with Crippen molar-refractivity contribution in [1.29, 1.82) is 0 Å². The normalized spacial score (nSPS) is 16.2. The number of carbonyl (C=O) groups excluding carboxylic acids is 2. The van der Waals surface area contributed by atoms with Gasteiger partial charge in [0.05, 0.1) is 12.0 Å². The van der Waals surface area contributed by atoms with Gasteiger partial charge in [0.15, 0.2) is 5.78 Å². The van der Waals surface area contributed by atoms with E-state index in [4.69, 9.17) is 4.74 Å². The third kappa shape index (κ3) is 6.05. The lowest BCUT2D eigenvalue weighted by molar-refractivity contribution is -0.154. The summed E-state index contributed by atoms with van der Waals surface area (Å²) in [7, 11) is 0.463. The number of hydrogen-bond acceptors (Lipinski definition) is 8. The van der Waals surface area contributed by atoms with E-state index in [0.29, 0.717) is 24.4 Å². The molecule has 0 bridgehead atoms. The van der Waals surface area contributed by atoms with Crippen molar-refractivity contribution in [3.8, 4) is 5.75 Å². The third-order valence-electron chi connectivity index (χ3n) is 6.31. The van der Waals surface area contributed by atoms with Crippen LogP contribution < -0.4 is 15.5 Å². The largest absolute Gasteiger partial charge is 0.497 e. The molecule has 0 spiro atoms. The number of nitrogens with one attached hydrogen (secondary N) is 2. The molecule has 3 rings (SSSR count). The molecule has 1 heterocycles. The second-order valence-electron chi connectivity index (χ2n) is 8.69. The van der Waals surface area contributed by atoms with E-state index >= 15 is 0 Å². The number of Topliss-reactive ketones (excluding diaryl/α,β-unsaturated/α-hetero) is 1. The minimum Gasteiger partial charge on any atom is -0.497 e. The van der Waals surface area contributed by atoms with Gasteiger partial charge in [0.25, 0.3) is 5.91 Å². The monoisotopic (exact) mass is 540 g/mol. The van der Waals surface area contributed by atoms with Crippen LogP contribution in [0.15, 0.2) is 59.5 Å². The molecule has 1 saturated heterocycles. The summed E-state index contributed by atoms with van der Waals surface area (Å²) in [4.78, 5) is 28.4. The topological polar surface area (TPSA) is 128 Å². The van der Waals surface area contributed by atoms with Crippen molar-refractivity contribution in [2.45, 2.75) is 30.4 Å². The molecule has 0 aliphatic carbocycles. The fraction of sp³-hybridized carbons (Fsp3) is 0.417. The smallest absolute Gasteiger partial charge is 0.257 e. The van der Waals surface area contributed by atoms with E-state index in [0.717, 1.165) is 4.31 Å². The highest BCUT2D eigenvalue weighted by molar-refractivity contribution is 7.89. The molecule has 1 unspecified atom stereocenters. The van der Waals surface area contributed by atoms with Crippen LogP contribution in [0.2, 0.25) is 0 Å². The predicted octanol–water partition coefficient (Wildman–Crippen LogP) is 1.64. The van der Waals surface area contributed by atoms with Gasteiger partial charge in [-0.15, -0.1) is 12.4 Å². The summed E-state index contributed by atoms with van der Waals surface area (Å²) < 4.78 is 34.2. The highest BCUT2D eigenvalue weighted by Gasteiger charge is 2.52. The van der Waals surface area contributed by atoms with E-state index in [1.807, 2.05) is 6.07 Å². The maximum Gasteiger partial charge on any atom is 0.257 e. The summed E-state index contributed by atoms with van der Waals surface area (Å²) in [6.07, 6.45) is -1.05. The molecule has 3 N–H and O–H groups in total. The number of hydroxylamine groups is 1. The van der Waals surface area contributed by atoms with Crippen molar-refractivity contribution < 1.29 is 28.0 Å². The maximum absolute atomic E-state index is 14.1. The fourth-order valence-electron chi connectivity index (χ4n) is 4.37. The number of nitrogens with zero attached hydrogens (tertiary/aromatic N) is 2. The van der Waals surface area contributed by atoms with Crippen LogP contribution in [-0.4, -0.2) is 75.0 Å². The quantitative estimate of drug-likeness (QED) is 0.180. The molecular formula is C24H33ClN4O6S. The number of hydrogen-bond donors (Lipinski definition) is 3. The first kappa shape index (κ1) is 29.7. The maximum atomic E-state index is 14.1. The van der Waals surface area contributed by atoms with Crippen molar-refractivity contribution in [1.82, 2.24) is 20.0 Å². The molecule has 0 aromatic heterocycles. The Morgan fingerprint density at radius 3 is 2.17 bits per heavy atom. The van der Waals surface area contributed by atoms with Crippen LogP contribution >= 0.6 is 12.4 Å². The third-order valence-corrected chi connectivity index (χ3v) is 8.12. The van der Waals surface area contributed by atoms with Gasteiger partial charge in [0.2, 0.25) is 10.0 Å². The van der Waals surface area contributed by atoms with E-state index < -0.39 is 33.3 Å². The van der Waals surface area contributed by atoms with Crippen LogP contribution in [0.1, 0.15) is 18.4 Å². The van der Waals surface area contributed by atoms with Crippen LogP contribution in [0.4, 0.5) is 0 Å². The van der Waals surface area contributed by atoms with Crippen LogP contribution in [-0.2, 0) is 26.2 Å². The molecule has 2 aromatic rings. The number of benzene rings is 2. The lowest BCUT2D eigenvalue weighted by atomic mass is 9.73. The highest BCUT2D eigenvalue weighted by atomic mass is 35.5. The predicted molar refractivity (Wildman–Crippen MR) is 136 cm³/mol. The number of piperidine rings is 1. The lowest BCUT2D eigenvalue weighted by Crippen LogP contribution is -2.61. The number of sulfonamides is 1. The van der Waals surface area contributed by atoms with Crippen LogP contribution in [0.5, 0.6) is 5.75 Å². The van der Waals surface area contributed by atoms with Gasteiger partial charge in [-0.1, -0.05) is 30.3 Å². The number of likely N-dealkylation sites (N-methyl/N-ethyl adjacent to an activating group) is 1. The molecular weight excluding hydrogens is 508 g/mol. The van der Waals surface area contributed by atoms with Gasteiger partial charge in [-0.05, 0) is 69.9 Å². The standard InChI is InChI=1S/C24H32N4O6S.ClH/c1-27(2)22(21(29)24(23(30)26-31)13-15-25-16-14-24)28(17-18-7-5-4-6-8-18)35(32,33)20-11-9-19(34-3)10-12-20;/h4-12,22,25,31H,13-17H2,1-3H3,(H,26,30);1H. The average Bonchev–Trinajstić information content (AvgIpc) is 2.88. The van der Waals surface area contributed by atoms with Crippen molar-refractivity contribution in [3.05, 3.63) is 60.2 Å². The van der Waals surface area contributed by atoms with Gasteiger partial charge in [-0.3, -0.25) is 19.7 Å². The van der Waals surface area contributed by atoms with Gasteiger partial charge in [-0.25, -0.2) is 13.9 Å². The van der Waals surface area contributed by atoms with Crippen molar-refractivity contribution in [2.24, 2.45) is 5.41 Å². The lowest BCUT2D eigenvalue weighted by Gasteiger charge is -2.41. The Kier molecular flexibility index (Phi) is 10.4. The molecule has 12 heteroatoms. The summed E-state index contributed by atoms with van der Waals surface area (Å²) in [5.41, 5.74) is 0.726. The summed E-state index contributed by atoms with van der Waals surface area (Å²) in [5.74, 6) is -0.937. The zero-order chi connectivity index (χ0) is 25.6. The van der Waals surface area contributed by atoms with Gasteiger partial charge in [0, 0.05) is 6.54 Å². The van der Waals surface area contributed by atoms with E-state index in [1.54, 1.807) is 43.8 Å². The number of halogens is 1. The number of methoxy groups -OCH3 is 1. The zero-order valence-corrected chi connectivity index (χ0v) is 22.1. The zero-order valence-electron chi connectivity index (χ0n) is 20.5. The van der Waals surface area contributed by atoms with Gasteiger partial charge < -0.3 is 10.1 Å². The first-order valence-electron chi connectivity index (χ1n) is 11.2. The Morgan fingerprint density at radius 1 is 1.08 bits per heavy atom. The molecule has 10 nitrogen and oxygen atoms in total. The molecule has 0 radical (unpaired) electrons. The molecule has 1 aliphatic rings. The summed E-state index contributed by atoms with van der Waals surface area (Å²) >= 11 is 0. The van der Waals surface area contributed by atoms with E-state index in [2.05, 4.69) is 5.32 Å². The van der Waals surface area contributed by atoms with Crippen molar-refractivity contribution in [3.63, 3.8) is 0 Å². The minimum atomic E-state index is -4.21. The second-order valence-corrected chi connectivity index (χ2v) is 10.6. The second kappa shape index (κ2) is 12.6. The van der Waals surface area contributed by atoms with Crippen LogP contribution in [0.3, 0.4) is 0 Å². The first-order chi connectivity index (χ1) is 16.7. The molecule has 198 valence electrons. The van der Waals surface area contributed by atoms with E-state index in [-0.39, 0.29) is 36.7 Å². The highest BCUT2D eigenvalue weighted by Crippen LogP contribution is 2.35.